The Morgan fingerprint density at radius 2 is 0.739 bits per heavy atom. The van der Waals surface area contributed by atoms with Gasteiger partial charge >= 0.3 is 0 Å². The summed E-state index contributed by atoms with van der Waals surface area (Å²) in [4.78, 5) is 87.7. The van der Waals surface area contributed by atoms with Crippen molar-refractivity contribution in [2.75, 3.05) is 90.0 Å². The van der Waals surface area contributed by atoms with Gasteiger partial charge in [-0.1, -0.05) is 125 Å². The molecule has 0 unspecified atom stereocenters. The second kappa shape index (κ2) is 33.0. The van der Waals surface area contributed by atoms with E-state index in [4.69, 9.17) is 17.2 Å². The van der Waals surface area contributed by atoms with Gasteiger partial charge < -0.3 is 47.4 Å². The topological polar surface area (TPSA) is 218 Å². The van der Waals surface area contributed by atoms with E-state index in [1.807, 2.05) is 97.1 Å². The van der Waals surface area contributed by atoms with E-state index in [2.05, 4.69) is 65.2 Å². The van der Waals surface area contributed by atoms with Gasteiger partial charge in [0.2, 0.25) is 35.4 Å². The molecule has 0 saturated heterocycles. The molecule has 8 aromatic rings. The molecule has 8 aromatic carbocycles. The lowest BCUT2D eigenvalue weighted by molar-refractivity contribution is -0.125. The van der Waals surface area contributed by atoms with Crippen LogP contribution in [0.4, 0.5) is 22.7 Å². The molecule has 0 aliphatic carbocycles. The SMILES string of the molecule is NCCC(=O)N1CCCCN(C(=O)CCN)c2ccc(cc2)Cc2ccc(cc2)N(C(=O)CCC(=O)NCCSSCCNC(=O)CCCc2ccc3ccc4cccc5ccc2c3c45)CCCCN(C(=O)CCN)c2ccc(cc2)Cc2ccc1cc2. The van der Waals surface area contributed by atoms with Gasteiger partial charge in [0.05, 0.1) is 0 Å². The van der Waals surface area contributed by atoms with Crippen molar-refractivity contribution in [3.05, 3.63) is 179 Å². The number of carbonyl (C=O) groups excluding carboxylic acids is 6. The molecule has 7 aliphatic rings. The van der Waals surface area contributed by atoms with Crippen molar-refractivity contribution in [3.8, 4) is 0 Å². The van der Waals surface area contributed by atoms with E-state index in [1.165, 1.54) is 37.9 Å². The number of nitrogens with two attached hydrogens (primary N) is 3. The molecule has 17 heteroatoms. The monoisotopic (exact) mass is 1220 g/mol. The van der Waals surface area contributed by atoms with Crippen LogP contribution in [-0.4, -0.2) is 106 Å². The van der Waals surface area contributed by atoms with Crippen LogP contribution in [0.5, 0.6) is 0 Å². The lowest BCUT2D eigenvalue weighted by atomic mass is 9.90. The normalized spacial score (nSPS) is 13.7. The summed E-state index contributed by atoms with van der Waals surface area (Å²) in [7, 11) is 3.29. The third-order valence-electron chi connectivity index (χ3n) is 16.2. The highest BCUT2D eigenvalue weighted by atomic mass is 33.1. The highest BCUT2D eigenvalue weighted by Gasteiger charge is 2.22. The molecule has 7 heterocycles. The zero-order chi connectivity index (χ0) is 61.6. The fourth-order valence-electron chi connectivity index (χ4n) is 11.7. The minimum atomic E-state index is -0.197. The maximum absolute atomic E-state index is 14.2. The highest BCUT2D eigenvalue weighted by molar-refractivity contribution is 8.76. The maximum Gasteiger partial charge on any atom is 0.228 e. The summed E-state index contributed by atoms with van der Waals surface area (Å²) in [6, 6.07) is 51.5. The summed E-state index contributed by atoms with van der Waals surface area (Å²) in [6.45, 7) is 3.46. The summed E-state index contributed by atoms with van der Waals surface area (Å²) in [5, 5.41) is 13.6. The number of amides is 6. The molecule has 0 saturated carbocycles. The van der Waals surface area contributed by atoms with E-state index in [0.717, 1.165) is 63.6 Å². The van der Waals surface area contributed by atoms with E-state index >= 15 is 0 Å². The number of benzene rings is 8. The second-order valence-corrected chi connectivity index (χ2v) is 25.2. The van der Waals surface area contributed by atoms with Gasteiger partial charge in [-0.2, -0.15) is 0 Å². The fourth-order valence-corrected chi connectivity index (χ4v) is 13.5. The number of nitrogens with one attached hydrogen (secondary N) is 2. The van der Waals surface area contributed by atoms with Gasteiger partial charge in [0, 0.05) is 132 Å². The van der Waals surface area contributed by atoms with Crippen LogP contribution < -0.4 is 47.4 Å². The molecule has 15 rings (SSSR count). The number of carbonyl (C=O) groups is 6. The molecular weight excluding hydrogens is 1140 g/mol. The molecule has 0 fully saturated rings. The van der Waals surface area contributed by atoms with E-state index < -0.39 is 0 Å². The van der Waals surface area contributed by atoms with Gasteiger partial charge in [0.15, 0.2) is 0 Å². The lowest BCUT2D eigenvalue weighted by Crippen LogP contribution is -2.35. The van der Waals surface area contributed by atoms with Crippen LogP contribution in [0.25, 0.3) is 32.3 Å². The Bertz CT molecular complexity index is 3590. The van der Waals surface area contributed by atoms with Crippen molar-refractivity contribution in [2.24, 2.45) is 17.2 Å². The van der Waals surface area contributed by atoms with Gasteiger partial charge in [-0.3, -0.25) is 28.8 Å². The number of nitrogens with zero attached hydrogens (tertiary/aromatic N) is 4. The van der Waals surface area contributed by atoms with Crippen LogP contribution in [0.15, 0.2) is 152 Å². The lowest BCUT2D eigenvalue weighted by Gasteiger charge is -2.26. The van der Waals surface area contributed by atoms with E-state index in [0.29, 0.717) is 90.0 Å². The van der Waals surface area contributed by atoms with Crippen LogP contribution in [0.2, 0.25) is 0 Å². The molecule has 0 aromatic heterocycles. The van der Waals surface area contributed by atoms with Crippen LogP contribution in [0, 0.1) is 0 Å². The Morgan fingerprint density at radius 3 is 1.14 bits per heavy atom. The minimum Gasteiger partial charge on any atom is -0.355 e. The maximum atomic E-state index is 14.2. The molecule has 0 spiro atoms. The van der Waals surface area contributed by atoms with E-state index in [9.17, 15) is 28.8 Å². The minimum absolute atomic E-state index is 0.0231. The van der Waals surface area contributed by atoms with Gasteiger partial charge in [-0.05, 0) is 160 Å². The zero-order valence-electron chi connectivity index (χ0n) is 50.4. The van der Waals surface area contributed by atoms with E-state index in [-0.39, 0.29) is 87.2 Å². The first-order valence-electron chi connectivity index (χ1n) is 31.1. The standard InChI is InChI=1S/C71H83N9O6S2/c72-38-35-67(84)78-44-2-1-43-77(66(83)34-33-65(82)76-42-48-88-87-47-41-75-64(81)10-6-7-55-19-20-58-22-21-56-8-5-9-57-23-32-63(55)71(58)70(56)57)59-24-11-51(12-25-59)49-52-13-28-61(29-14-52)79(68(85)36-39-73)45-3-4-46-80(69(86)37-40-74)62-30-17-54(18-31-62)50-53-15-26-60(78)27-16-53/h5,8-9,11-32H,1-4,6-7,10,33-50,72-74H2,(H,75,81)(H,76,82). The molecule has 15 nitrogen and oxygen atoms in total. The average molecular weight is 1220 g/mol. The van der Waals surface area contributed by atoms with Crippen LogP contribution in [0.1, 0.15) is 98.4 Å². The Kier molecular flexibility index (Phi) is 24.2. The molecule has 0 atom stereocenters. The summed E-state index contributed by atoms with van der Waals surface area (Å²) in [5.74, 6) is 0.909. The number of hydrogen-bond acceptors (Lipinski definition) is 11. The number of rotatable bonds is 20. The summed E-state index contributed by atoms with van der Waals surface area (Å²) in [5.41, 5.74) is 26.1. The van der Waals surface area contributed by atoms with Gasteiger partial charge in [0.1, 0.15) is 0 Å². The highest BCUT2D eigenvalue weighted by Crippen LogP contribution is 2.37. The molecule has 8 N–H and O–H groups in total. The Labute approximate surface area is 525 Å². The molecule has 0 radical (unpaired) electrons. The molecule has 7 aliphatic heterocycles. The molecular formula is C71H83N9O6S2. The van der Waals surface area contributed by atoms with Crippen molar-refractivity contribution in [1.82, 2.24) is 10.6 Å². The van der Waals surface area contributed by atoms with Crippen LogP contribution in [-0.2, 0) is 48.0 Å². The van der Waals surface area contributed by atoms with Crippen molar-refractivity contribution >= 4 is 112 Å². The first-order valence-corrected chi connectivity index (χ1v) is 33.6. The molecule has 460 valence electrons. The predicted octanol–water partition coefficient (Wildman–Crippen LogP) is 10.8. The third-order valence-corrected chi connectivity index (χ3v) is 18.7. The van der Waals surface area contributed by atoms with Crippen molar-refractivity contribution in [2.45, 2.75) is 89.9 Å². The number of anilines is 4. The quantitative estimate of drug-likeness (QED) is 0.0275. The Hall–Kier alpha value is -7.80. The predicted molar refractivity (Wildman–Crippen MR) is 364 cm³/mol. The Balaban J connectivity index is 0.780. The van der Waals surface area contributed by atoms with Crippen molar-refractivity contribution in [3.63, 3.8) is 0 Å². The van der Waals surface area contributed by atoms with Crippen LogP contribution in [0.3, 0.4) is 0 Å². The zero-order valence-corrected chi connectivity index (χ0v) is 52.0. The first kappa shape index (κ1) is 64.7. The van der Waals surface area contributed by atoms with Gasteiger partial charge in [0.25, 0.3) is 0 Å². The third kappa shape index (κ3) is 17.7. The van der Waals surface area contributed by atoms with Crippen molar-refractivity contribution < 1.29 is 28.8 Å². The second-order valence-electron chi connectivity index (χ2n) is 22.5. The Morgan fingerprint density at radius 1 is 0.386 bits per heavy atom. The number of hydrogen-bond donors (Lipinski definition) is 5. The van der Waals surface area contributed by atoms with Crippen LogP contribution >= 0.6 is 21.6 Å². The largest absolute Gasteiger partial charge is 0.355 e. The average Bonchev–Trinajstić information content (AvgIpc) is 0.985. The van der Waals surface area contributed by atoms with Gasteiger partial charge in [-0.25, -0.2) is 0 Å². The molecule has 8 bridgehead atoms. The van der Waals surface area contributed by atoms with E-state index in [1.54, 1.807) is 41.2 Å². The fraction of sp³-hybridized carbons (Fsp3) is 0.352. The summed E-state index contributed by atoms with van der Waals surface area (Å²) < 4.78 is 0. The first-order chi connectivity index (χ1) is 43.0. The molecule has 6 amide bonds. The smallest absolute Gasteiger partial charge is 0.228 e. The summed E-state index contributed by atoms with van der Waals surface area (Å²) >= 11 is 0. The van der Waals surface area contributed by atoms with Crippen molar-refractivity contribution in [1.29, 1.82) is 0 Å². The number of aryl methyl sites for hydroxylation is 1. The molecule has 88 heavy (non-hydrogen) atoms. The summed E-state index contributed by atoms with van der Waals surface area (Å²) in [6.07, 6.45) is 6.52. The van der Waals surface area contributed by atoms with Gasteiger partial charge in [-0.15, -0.1) is 0 Å².